The third kappa shape index (κ3) is 3.41. The molecule has 0 aliphatic carbocycles. The lowest BCUT2D eigenvalue weighted by molar-refractivity contribution is -0.137. The first-order valence-electron chi connectivity index (χ1n) is 6.48. The summed E-state index contributed by atoms with van der Waals surface area (Å²) in [6.07, 6.45) is -0.883. The van der Waals surface area contributed by atoms with E-state index in [1.807, 2.05) is 6.92 Å². The largest absolute Gasteiger partial charge is 0.510 e. The van der Waals surface area contributed by atoms with Crippen molar-refractivity contribution in [1.29, 1.82) is 0 Å². The van der Waals surface area contributed by atoms with Crippen molar-refractivity contribution in [2.75, 3.05) is 0 Å². The molecular formula is C14H13ClF3N3O. The van der Waals surface area contributed by atoms with Crippen molar-refractivity contribution in [1.82, 2.24) is 14.8 Å². The number of hydrogen-bond donors (Lipinski definition) is 1. The van der Waals surface area contributed by atoms with Crippen LogP contribution in [-0.2, 0) is 6.18 Å². The number of alkyl halides is 3. The highest BCUT2D eigenvalue weighted by molar-refractivity contribution is 6.32. The molecule has 0 aliphatic heterocycles. The zero-order valence-corrected chi connectivity index (χ0v) is 12.4. The molecule has 8 heteroatoms. The first-order chi connectivity index (χ1) is 10.3. The number of aliphatic hydroxyl groups excluding tert-OH is 1. The summed E-state index contributed by atoms with van der Waals surface area (Å²) < 4.78 is 39.4. The Hall–Kier alpha value is -2.02. The van der Waals surface area contributed by atoms with Crippen molar-refractivity contribution in [2.45, 2.75) is 25.9 Å². The molecule has 118 valence electrons. The van der Waals surface area contributed by atoms with Crippen LogP contribution in [0.3, 0.4) is 0 Å². The second-order valence-electron chi connectivity index (χ2n) is 4.58. The summed E-state index contributed by atoms with van der Waals surface area (Å²) in [5.74, 6) is -0.0188. The van der Waals surface area contributed by atoms with E-state index in [2.05, 4.69) is 10.1 Å². The van der Waals surface area contributed by atoms with Gasteiger partial charge in [0.1, 0.15) is 24.1 Å². The maximum absolute atomic E-state index is 12.7. The predicted octanol–water partition coefficient (Wildman–Crippen LogP) is 4.53. The van der Waals surface area contributed by atoms with Crippen molar-refractivity contribution in [3.8, 4) is 0 Å². The fourth-order valence-corrected chi connectivity index (χ4v) is 2.24. The minimum Gasteiger partial charge on any atom is -0.510 e. The molecule has 0 atom stereocenters. The quantitative estimate of drug-likeness (QED) is 0.838. The van der Waals surface area contributed by atoms with Gasteiger partial charge in [0.25, 0.3) is 0 Å². The minimum atomic E-state index is -4.48. The Labute approximate surface area is 129 Å². The van der Waals surface area contributed by atoms with Crippen LogP contribution in [0.1, 0.15) is 30.9 Å². The summed E-state index contributed by atoms with van der Waals surface area (Å²) in [6, 6.07) is 2.96. The van der Waals surface area contributed by atoms with Crippen molar-refractivity contribution in [2.24, 2.45) is 0 Å². The van der Waals surface area contributed by atoms with Crippen molar-refractivity contribution < 1.29 is 18.3 Å². The lowest BCUT2D eigenvalue weighted by Crippen LogP contribution is -2.08. The highest BCUT2D eigenvalue weighted by Gasteiger charge is 2.31. The number of allylic oxidation sites excluding steroid dienone is 1. The SMILES string of the molecule is CCCC(O)=C(c1ccc(C(F)(F)F)cc1Cl)n1cncn1. The van der Waals surface area contributed by atoms with Gasteiger partial charge in [-0.15, -0.1) is 0 Å². The summed E-state index contributed by atoms with van der Waals surface area (Å²) in [5.41, 5.74) is -0.377. The molecule has 1 aromatic heterocycles. The molecule has 0 bridgehead atoms. The standard InChI is InChI=1S/C14H13ClF3N3O/c1-2-3-12(22)13(21-8-19-7-20-21)10-5-4-9(6-11(10)15)14(16,17)18/h4-8,22H,2-3H2,1H3. The van der Waals surface area contributed by atoms with Crippen LogP contribution in [0, 0.1) is 0 Å². The molecule has 4 nitrogen and oxygen atoms in total. The van der Waals surface area contributed by atoms with E-state index in [-0.39, 0.29) is 22.0 Å². The van der Waals surface area contributed by atoms with Crippen LogP contribution in [0.15, 0.2) is 36.6 Å². The molecule has 1 heterocycles. The maximum Gasteiger partial charge on any atom is 0.416 e. The topological polar surface area (TPSA) is 50.9 Å². The fourth-order valence-electron chi connectivity index (χ4n) is 1.97. The zero-order valence-electron chi connectivity index (χ0n) is 11.6. The number of aliphatic hydroxyl groups is 1. The number of rotatable bonds is 4. The fraction of sp³-hybridized carbons (Fsp3) is 0.286. The van der Waals surface area contributed by atoms with Gasteiger partial charge in [-0.05, 0) is 18.6 Å². The Morgan fingerprint density at radius 1 is 1.36 bits per heavy atom. The molecule has 2 aromatic rings. The molecule has 2 rings (SSSR count). The molecule has 0 spiro atoms. The van der Waals surface area contributed by atoms with Gasteiger partial charge in [-0.1, -0.05) is 24.6 Å². The van der Waals surface area contributed by atoms with Gasteiger partial charge in [0, 0.05) is 12.0 Å². The minimum absolute atomic E-state index is 0.0188. The molecule has 1 N–H and O–H groups in total. The summed E-state index contributed by atoms with van der Waals surface area (Å²) in [5, 5.41) is 14.0. The maximum atomic E-state index is 12.7. The summed E-state index contributed by atoms with van der Waals surface area (Å²) in [7, 11) is 0. The van der Waals surface area contributed by atoms with Crippen molar-refractivity contribution in [3.05, 3.63) is 52.8 Å². The third-order valence-electron chi connectivity index (χ3n) is 2.96. The first-order valence-corrected chi connectivity index (χ1v) is 6.86. The average molecular weight is 332 g/mol. The Bertz CT molecular complexity index is 681. The Kier molecular flexibility index (Phi) is 4.75. The number of aromatic nitrogens is 3. The summed E-state index contributed by atoms with van der Waals surface area (Å²) in [6.45, 7) is 1.86. The van der Waals surface area contributed by atoms with E-state index < -0.39 is 11.7 Å². The van der Waals surface area contributed by atoms with E-state index in [1.54, 1.807) is 0 Å². The zero-order chi connectivity index (χ0) is 16.3. The van der Waals surface area contributed by atoms with Gasteiger partial charge in [-0.3, -0.25) is 0 Å². The van der Waals surface area contributed by atoms with Gasteiger partial charge in [0.15, 0.2) is 0 Å². The van der Waals surface area contributed by atoms with E-state index in [0.29, 0.717) is 12.8 Å². The summed E-state index contributed by atoms with van der Waals surface area (Å²) >= 11 is 5.98. The molecule has 0 aliphatic rings. The third-order valence-corrected chi connectivity index (χ3v) is 3.27. The second kappa shape index (κ2) is 6.39. The smallest absolute Gasteiger partial charge is 0.416 e. The molecule has 0 unspecified atom stereocenters. The van der Waals surface area contributed by atoms with Gasteiger partial charge < -0.3 is 5.11 Å². The number of benzene rings is 1. The lowest BCUT2D eigenvalue weighted by atomic mass is 10.1. The van der Waals surface area contributed by atoms with E-state index in [1.165, 1.54) is 23.4 Å². The summed E-state index contributed by atoms with van der Waals surface area (Å²) in [4.78, 5) is 3.78. The molecular weight excluding hydrogens is 319 g/mol. The van der Waals surface area contributed by atoms with Crippen LogP contribution < -0.4 is 0 Å². The van der Waals surface area contributed by atoms with Gasteiger partial charge in [-0.2, -0.15) is 18.3 Å². The van der Waals surface area contributed by atoms with E-state index in [4.69, 9.17) is 11.6 Å². The van der Waals surface area contributed by atoms with Gasteiger partial charge in [0.2, 0.25) is 0 Å². The number of nitrogens with zero attached hydrogens (tertiary/aromatic N) is 3. The Balaban J connectivity index is 2.57. The normalized spacial score (nSPS) is 13.1. The highest BCUT2D eigenvalue weighted by Crippen LogP contribution is 2.35. The van der Waals surface area contributed by atoms with Crippen LogP contribution in [0.2, 0.25) is 5.02 Å². The van der Waals surface area contributed by atoms with Crippen molar-refractivity contribution >= 4 is 17.3 Å². The van der Waals surface area contributed by atoms with Crippen LogP contribution in [0.4, 0.5) is 13.2 Å². The van der Waals surface area contributed by atoms with E-state index >= 15 is 0 Å². The van der Waals surface area contributed by atoms with Gasteiger partial charge >= 0.3 is 6.18 Å². The lowest BCUT2D eigenvalue weighted by Gasteiger charge is -2.14. The van der Waals surface area contributed by atoms with Crippen LogP contribution in [-0.4, -0.2) is 19.9 Å². The number of hydrogen-bond acceptors (Lipinski definition) is 3. The molecule has 0 radical (unpaired) electrons. The molecule has 0 fully saturated rings. The molecule has 0 saturated heterocycles. The molecule has 22 heavy (non-hydrogen) atoms. The molecule has 0 saturated carbocycles. The van der Waals surface area contributed by atoms with E-state index in [9.17, 15) is 18.3 Å². The Morgan fingerprint density at radius 3 is 2.59 bits per heavy atom. The highest BCUT2D eigenvalue weighted by atomic mass is 35.5. The average Bonchev–Trinajstić information content (AvgIpc) is 2.94. The van der Waals surface area contributed by atoms with Gasteiger partial charge in [-0.25, -0.2) is 9.67 Å². The molecule has 1 aromatic carbocycles. The van der Waals surface area contributed by atoms with Crippen LogP contribution in [0.5, 0.6) is 0 Å². The van der Waals surface area contributed by atoms with Crippen LogP contribution >= 0.6 is 11.6 Å². The predicted molar refractivity (Wildman–Crippen MR) is 76.3 cm³/mol. The second-order valence-corrected chi connectivity index (χ2v) is 4.98. The van der Waals surface area contributed by atoms with Crippen molar-refractivity contribution in [3.63, 3.8) is 0 Å². The van der Waals surface area contributed by atoms with E-state index in [0.717, 1.165) is 12.1 Å². The monoisotopic (exact) mass is 331 g/mol. The van der Waals surface area contributed by atoms with Gasteiger partial charge in [0.05, 0.1) is 10.6 Å². The van der Waals surface area contributed by atoms with Crippen LogP contribution in [0.25, 0.3) is 5.70 Å². The molecule has 0 amide bonds. The number of halogens is 4. The first kappa shape index (κ1) is 16.4. The Morgan fingerprint density at radius 2 is 2.09 bits per heavy atom.